The van der Waals surface area contributed by atoms with Crippen LogP contribution in [0.5, 0.6) is 0 Å². The zero-order valence-electron chi connectivity index (χ0n) is 9.02. The Hall–Kier alpha value is -0.630. The van der Waals surface area contributed by atoms with Gasteiger partial charge in [-0.2, -0.15) is 0 Å². The Balaban J connectivity index is 3.95. The van der Waals surface area contributed by atoms with Crippen molar-refractivity contribution in [2.24, 2.45) is 0 Å². The average Bonchev–Trinajstić information content (AvgIpc) is 2.04. The summed E-state index contributed by atoms with van der Waals surface area (Å²) in [5.41, 5.74) is -0.0329. The SMILES string of the molecule is C=CCCCC(C)(CC(C)=O)NC. The summed E-state index contributed by atoms with van der Waals surface area (Å²) in [6, 6.07) is 0. The highest BCUT2D eigenvalue weighted by atomic mass is 16.1. The van der Waals surface area contributed by atoms with Crippen LogP contribution in [-0.4, -0.2) is 18.4 Å². The zero-order chi connectivity index (χ0) is 10.3. The standard InChI is InChI=1S/C11H21NO/c1-5-6-7-8-11(3,12-4)9-10(2)13/h5,12H,1,6-9H2,2-4H3. The lowest BCUT2D eigenvalue weighted by atomic mass is 9.90. The van der Waals surface area contributed by atoms with Crippen LogP contribution in [-0.2, 0) is 4.79 Å². The van der Waals surface area contributed by atoms with E-state index in [-0.39, 0.29) is 11.3 Å². The van der Waals surface area contributed by atoms with Crippen LogP contribution in [0, 0.1) is 0 Å². The van der Waals surface area contributed by atoms with E-state index in [2.05, 4.69) is 18.8 Å². The quantitative estimate of drug-likeness (QED) is 0.484. The van der Waals surface area contributed by atoms with Gasteiger partial charge in [0, 0.05) is 12.0 Å². The Labute approximate surface area is 81.4 Å². The van der Waals surface area contributed by atoms with Crippen molar-refractivity contribution in [2.45, 2.75) is 45.1 Å². The molecule has 0 aliphatic rings. The smallest absolute Gasteiger partial charge is 0.131 e. The molecule has 0 aliphatic carbocycles. The summed E-state index contributed by atoms with van der Waals surface area (Å²) in [7, 11) is 1.91. The van der Waals surface area contributed by atoms with Crippen LogP contribution < -0.4 is 5.32 Å². The lowest BCUT2D eigenvalue weighted by molar-refractivity contribution is -0.118. The number of hydrogen-bond acceptors (Lipinski definition) is 2. The number of hydrogen-bond donors (Lipinski definition) is 1. The third kappa shape index (κ3) is 5.58. The van der Waals surface area contributed by atoms with Crippen molar-refractivity contribution in [3.63, 3.8) is 0 Å². The highest BCUT2D eigenvalue weighted by Gasteiger charge is 2.22. The van der Waals surface area contributed by atoms with Crippen LogP contribution in [0.25, 0.3) is 0 Å². The van der Waals surface area contributed by atoms with E-state index in [1.54, 1.807) is 6.92 Å². The van der Waals surface area contributed by atoms with Crippen molar-refractivity contribution in [1.29, 1.82) is 0 Å². The fraction of sp³-hybridized carbons (Fsp3) is 0.727. The number of unbranched alkanes of at least 4 members (excludes halogenated alkanes) is 1. The van der Waals surface area contributed by atoms with E-state index in [1.807, 2.05) is 13.1 Å². The van der Waals surface area contributed by atoms with Gasteiger partial charge in [0.2, 0.25) is 0 Å². The van der Waals surface area contributed by atoms with Gasteiger partial charge in [0.1, 0.15) is 5.78 Å². The molecule has 0 aromatic heterocycles. The summed E-state index contributed by atoms with van der Waals surface area (Å²) < 4.78 is 0. The summed E-state index contributed by atoms with van der Waals surface area (Å²) in [6.45, 7) is 7.42. The molecule has 0 saturated heterocycles. The maximum absolute atomic E-state index is 11.0. The van der Waals surface area contributed by atoms with Crippen molar-refractivity contribution in [3.05, 3.63) is 12.7 Å². The Bertz CT molecular complexity index is 177. The second-order valence-corrected chi connectivity index (χ2v) is 3.87. The van der Waals surface area contributed by atoms with Crippen LogP contribution in [0.15, 0.2) is 12.7 Å². The van der Waals surface area contributed by atoms with Gasteiger partial charge in [0.25, 0.3) is 0 Å². The molecule has 0 aromatic carbocycles. The van der Waals surface area contributed by atoms with Crippen LogP contribution >= 0.6 is 0 Å². The van der Waals surface area contributed by atoms with Gasteiger partial charge in [0.15, 0.2) is 0 Å². The molecule has 0 bridgehead atoms. The molecule has 2 heteroatoms. The summed E-state index contributed by atoms with van der Waals surface area (Å²) >= 11 is 0. The third-order valence-corrected chi connectivity index (χ3v) is 2.38. The number of carbonyl (C=O) groups excluding carboxylic acids is 1. The maximum Gasteiger partial charge on any atom is 0.131 e. The van der Waals surface area contributed by atoms with E-state index < -0.39 is 0 Å². The molecule has 0 spiro atoms. The molecule has 0 aliphatic heterocycles. The Morgan fingerprint density at radius 2 is 2.23 bits per heavy atom. The first-order valence-electron chi connectivity index (χ1n) is 4.83. The van der Waals surface area contributed by atoms with E-state index in [0.29, 0.717) is 6.42 Å². The molecule has 76 valence electrons. The molecule has 13 heavy (non-hydrogen) atoms. The zero-order valence-corrected chi connectivity index (χ0v) is 9.02. The monoisotopic (exact) mass is 183 g/mol. The molecular formula is C11H21NO. The number of ketones is 1. The second kappa shape index (κ2) is 5.92. The largest absolute Gasteiger partial charge is 0.314 e. The van der Waals surface area contributed by atoms with E-state index in [1.165, 1.54) is 0 Å². The van der Waals surface area contributed by atoms with Crippen molar-refractivity contribution in [1.82, 2.24) is 5.32 Å². The summed E-state index contributed by atoms with van der Waals surface area (Å²) in [5, 5.41) is 3.21. The Kier molecular flexibility index (Phi) is 5.63. The molecule has 0 rings (SSSR count). The van der Waals surface area contributed by atoms with Crippen molar-refractivity contribution < 1.29 is 4.79 Å². The minimum atomic E-state index is -0.0329. The molecule has 0 heterocycles. The summed E-state index contributed by atoms with van der Waals surface area (Å²) in [4.78, 5) is 11.0. The highest BCUT2D eigenvalue weighted by molar-refractivity contribution is 5.76. The van der Waals surface area contributed by atoms with Gasteiger partial charge < -0.3 is 5.32 Å². The molecule has 1 atom stereocenters. The lowest BCUT2D eigenvalue weighted by Crippen LogP contribution is -2.41. The fourth-order valence-electron chi connectivity index (χ4n) is 1.49. The third-order valence-electron chi connectivity index (χ3n) is 2.38. The predicted molar refractivity (Wildman–Crippen MR) is 56.8 cm³/mol. The van der Waals surface area contributed by atoms with Gasteiger partial charge in [-0.1, -0.05) is 6.08 Å². The number of carbonyl (C=O) groups is 1. The second-order valence-electron chi connectivity index (χ2n) is 3.87. The number of rotatable bonds is 7. The number of Topliss-reactive ketones (excluding diaryl/α,β-unsaturated/α-hetero) is 1. The van der Waals surface area contributed by atoms with Gasteiger partial charge in [-0.3, -0.25) is 4.79 Å². The first-order valence-corrected chi connectivity index (χ1v) is 4.83. The summed E-state index contributed by atoms with van der Waals surface area (Å²) in [5.74, 6) is 0.246. The molecule has 1 unspecified atom stereocenters. The first-order chi connectivity index (χ1) is 6.04. The van der Waals surface area contributed by atoms with Gasteiger partial charge in [0.05, 0.1) is 0 Å². The minimum Gasteiger partial charge on any atom is -0.314 e. The molecule has 0 radical (unpaired) electrons. The van der Waals surface area contributed by atoms with E-state index >= 15 is 0 Å². The van der Waals surface area contributed by atoms with Gasteiger partial charge in [-0.25, -0.2) is 0 Å². The molecule has 1 N–H and O–H groups in total. The van der Waals surface area contributed by atoms with Crippen LogP contribution in [0.3, 0.4) is 0 Å². The van der Waals surface area contributed by atoms with E-state index in [9.17, 15) is 4.79 Å². The number of nitrogens with one attached hydrogen (secondary N) is 1. The van der Waals surface area contributed by atoms with Crippen LogP contribution in [0.2, 0.25) is 0 Å². The molecule has 2 nitrogen and oxygen atoms in total. The van der Waals surface area contributed by atoms with Gasteiger partial charge in [-0.05, 0) is 40.2 Å². The number of allylic oxidation sites excluding steroid dienone is 1. The van der Waals surface area contributed by atoms with Crippen molar-refractivity contribution >= 4 is 5.78 Å². The van der Waals surface area contributed by atoms with Gasteiger partial charge >= 0.3 is 0 Å². The molecule has 0 fully saturated rings. The maximum atomic E-state index is 11.0. The Morgan fingerprint density at radius 1 is 1.62 bits per heavy atom. The Morgan fingerprint density at radius 3 is 2.62 bits per heavy atom. The predicted octanol–water partition coefficient (Wildman–Crippen LogP) is 2.30. The normalized spacial score (nSPS) is 15.0. The van der Waals surface area contributed by atoms with Crippen LogP contribution in [0.4, 0.5) is 0 Å². The fourth-order valence-corrected chi connectivity index (χ4v) is 1.49. The van der Waals surface area contributed by atoms with Crippen molar-refractivity contribution in [3.8, 4) is 0 Å². The average molecular weight is 183 g/mol. The van der Waals surface area contributed by atoms with Crippen LogP contribution in [0.1, 0.15) is 39.5 Å². The van der Waals surface area contributed by atoms with Crippen molar-refractivity contribution in [2.75, 3.05) is 7.05 Å². The molecule has 0 saturated carbocycles. The topological polar surface area (TPSA) is 29.1 Å². The van der Waals surface area contributed by atoms with E-state index in [0.717, 1.165) is 19.3 Å². The lowest BCUT2D eigenvalue weighted by Gasteiger charge is -2.28. The molecular weight excluding hydrogens is 162 g/mol. The summed E-state index contributed by atoms with van der Waals surface area (Å²) in [6.07, 6.45) is 5.67. The highest BCUT2D eigenvalue weighted by Crippen LogP contribution is 2.17. The first kappa shape index (κ1) is 12.4. The van der Waals surface area contributed by atoms with Gasteiger partial charge in [-0.15, -0.1) is 6.58 Å². The minimum absolute atomic E-state index is 0.0329. The molecule has 0 aromatic rings. The van der Waals surface area contributed by atoms with E-state index in [4.69, 9.17) is 0 Å². The molecule has 0 amide bonds.